The lowest BCUT2D eigenvalue weighted by molar-refractivity contribution is 0.0759. The quantitative estimate of drug-likeness (QED) is 0.671. The zero-order valence-electron chi connectivity index (χ0n) is 14.2. The third-order valence-electron chi connectivity index (χ3n) is 4.06. The van der Waals surface area contributed by atoms with Crippen molar-refractivity contribution in [3.63, 3.8) is 0 Å². The number of aryl methyl sites for hydroxylation is 2. The zero-order valence-corrected chi connectivity index (χ0v) is 14.2. The Morgan fingerprint density at radius 2 is 2.00 bits per heavy atom. The van der Waals surface area contributed by atoms with Crippen molar-refractivity contribution >= 4 is 5.91 Å². The number of rotatable bonds is 8. The second-order valence-corrected chi connectivity index (χ2v) is 5.89. The smallest absolute Gasteiger partial charge is 0.254 e. The number of amides is 1. The molecule has 0 saturated carbocycles. The molecule has 2 rings (SSSR count). The largest absolute Gasteiger partial charge is 0.353 e. The maximum atomic E-state index is 12.8. The molecule has 0 unspecified atom stereocenters. The van der Waals surface area contributed by atoms with Gasteiger partial charge in [-0.3, -0.25) is 4.79 Å². The fourth-order valence-electron chi connectivity index (χ4n) is 2.61. The van der Waals surface area contributed by atoms with Crippen LogP contribution >= 0.6 is 0 Å². The first kappa shape index (κ1) is 17.1. The van der Waals surface area contributed by atoms with E-state index in [2.05, 4.69) is 25.6 Å². The lowest BCUT2D eigenvalue weighted by atomic mass is 10.1. The van der Waals surface area contributed by atoms with Gasteiger partial charge in [-0.15, -0.1) is 6.58 Å². The molecule has 1 heterocycles. The predicted octanol–water partition coefficient (Wildman–Crippen LogP) is 4.20. The number of carbonyl (C=O) groups is 1. The summed E-state index contributed by atoms with van der Waals surface area (Å²) < 4.78 is 2.04. The van der Waals surface area contributed by atoms with Gasteiger partial charge in [0.15, 0.2) is 0 Å². The molecule has 23 heavy (non-hydrogen) atoms. The van der Waals surface area contributed by atoms with Gasteiger partial charge in [0.05, 0.1) is 6.54 Å². The standard InChI is InChI=1S/C20H26N2O/c1-4-6-8-17-10-12-18(13-11-17)20(23)22(14-5-2)16-19-9-7-15-21(19)3/h5,7,9-13,15H,2,4,6,8,14,16H2,1,3H3. The van der Waals surface area contributed by atoms with Crippen LogP contribution in [0.4, 0.5) is 0 Å². The average Bonchev–Trinajstić information content (AvgIpc) is 2.97. The molecule has 0 saturated heterocycles. The van der Waals surface area contributed by atoms with Crippen LogP contribution < -0.4 is 0 Å². The highest BCUT2D eigenvalue weighted by Gasteiger charge is 2.16. The maximum Gasteiger partial charge on any atom is 0.254 e. The van der Waals surface area contributed by atoms with E-state index >= 15 is 0 Å². The first-order chi connectivity index (χ1) is 11.2. The van der Waals surface area contributed by atoms with Gasteiger partial charge in [-0.1, -0.05) is 31.6 Å². The fourth-order valence-corrected chi connectivity index (χ4v) is 2.61. The Balaban J connectivity index is 2.10. The van der Waals surface area contributed by atoms with E-state index in [1.807, 2.05) is 47.0 Å². The zero-order chi connectivity index (χ0) is 16.7. The molecule has 1 amide bonds. The number of unbranched alkanes of at least 4 members (excludes halogenated alkanes) is 1. The van der Waals surface area contributed by atoms with E-state index in [-0.39, 0.29) is 5.91 Å². The number of carbonyl (C=O) groups excluding carboxylic acids is 1. The number of hydrogen-bond acceptors (Lipinski definition) is 1. The first-order valence-electron chi connectivity index (χ1n) is 8.25. The molecule has 0 aliphatic carbocycles. The van der Waals surface area contributed by atoms with E-state index < -0.39 is 0 Å². The number of nitrogens with zero attached hydrogens (tertiary/aromatic N) is 2. The highest BCUT2D eigenvalue weighted by Crippen LogP contribution is 2.13. The van der Waals surface area contributed by atoms with Gasteiger partial charge in [-0.25, -0.2) is 0 Å². The summed E-state index contributed by atoms with van der Waals surface area (Å²) in [5.41, 5.74) is 3.14. The molecule has 0 aliphatic heterocycles. The monoisotopic (exact) mass is 310 g/mol. The number of benzene rings is 1. The summed E-state index contributed by atoms with van der Waals surface area (Å²) >= 11 is 0. The Kier molecular flexibility index (Phi) is 6.21. The lowest BCUT2D eigenvalue weighted by Gasteiger charge is -2.21. The van der Waals surface area contributed by atoms with Crippen LogP contribution in [-0.4, -0.2) is 21.9 Å². The first-order valence-corrected chi connectivity index (χ1v) is 8.25. The van der Waals surface area contributed by atoms with Gasteiger partial charge in [0.1, 0.15) is 0 Å². The maximum absolute atomic E-state index is 12.8. The summed E-state index contributed by atoms with van der Waals surface area (Å²) in [5, 5.41) is 0. The second kappa shape index (κ2) is 8.37. The third-order valence-corrected chi connectivity index (χ3v) is 4.06. The van der Waals surface area contributed by atoms with Crippen molar-refractivity contribution < 1.29 is 4.79 Å². The Bertz CT molecular complexity index is 640. The minimum absolute atomic E-state index is 0.0492. The molecule has 3 nitrogen and oxygen atoms in total. The fraction of sp³-hybridized carbons (Fsp3) is 0.350. The summed E-state index contributed by atoms with van der Waals surface area (Å²) in [6, 6.07) is 12.0. The van der Waals surface area contributed by atoms with Gasteiger partial charge in [0.2, 0.25) is 0 Å². The summed E-state index contributed by atoms with van der Waals surface area (Å²) in [6.07, 6.45) is 7.21. The molecule has 0 atom stereocenters. The van der Waals surface area contributed by atoms with Crippen LogP contribution in [0.1, 0.15) is 41.4 Å². The van der Waals surface area contributed by atoms with E-state index in [1.165, 1.54) is 18.4 Å². The van der Waals surface area contributed by atoms with E-state index in [0.717, 1.165) is 17.7 Å². The van der Waals surface area contributed by atoms with Crippen LogP contribution in [0.15, 0.2) is 55.3 Å². The van der Waals surface area contributed by atoms with E-state index in [9.17, 15) is 4.79 Å². The molecule has 0 bridgehead atoms. The Hall–Kier alpha value is -2.29. The predicted molar refractivity (Wildman–Crippen MR) is 95.4 cm³/mol. The van der Waals surface area contributed by atoms with Gasteiger partial charge in [0, 0.05) is 31.0 Å². The molecule has 0 spiro atoms. The third kappa shape index (κ3) is 4.59. The second-order valence-electron chi connectivity index (χ2n) is 5.89. The van der Waals surface area contributed by atoms with Crippen molar-refractivity contribution in [3.8, 4) is 0 Å². The van der Waals surface area contributed by atoms with E-state index in [0.29, 0.717) is 13.1 Å². The summed E-state index contributed by atoms with van der Waals surface area (Å²) in [5.74, 6) is 0.0492. The molecule has 3 heteroatoms. The summed E-state index contributed by atoms with van der Waals surface area (Å²) in [6.45, 7) is 7.10. The highest BCUT2D eigenvalue weighted by molar-refractivity contribution is 5.94. The van der Waals surface area contributed by atoms with Crippen LogP contribution in [0, 0.1) is 0 Å². The van der Waals surface area contributed by atoms with Crippen molar-refractivity contribution in [2.45, 2.75) is 32.7 Å². The van der Waals surface area contributed by atoms with Gasteiger partial charge in [0.25, 0.3) is 5.91 Å². The van der Waals surface area contributed by atoms with Crippen molar-refractivity contribution in [1.82, 2.24) is 9.47 Å². The molecular formula is C20H26N2O. The van der Waals surface area contributed by atoms with Crippen molar-refractivity contribution in [1.29, 1.82) is 0 Å². The van der Waals surface area contributed by atoms with Crippen LogP contribution in [0.3, 0.4) is 0 Å². The van der Waals surface area contributed by atoms with Gasteiger partial charge in [-0.2, -0.15) is 0 Å². The van der Waals surface area contributed by atoms with Gasteiger partial charge in [-0.05, 0) is 42.7 Å². The molecule has 0 fully saturated rings. The molecule has 1 aromatic heterocycles. The lowest BCUT2D eigenvalue weighted by Crippen LogP contribution is -2.31. The molecule has 1 aromatic carbocycles. The van der Waals surface area contributed by atoms with Crippen LogP contribution in [0.5, 0.6) is 0 Å². The Morgan fingerprint density at radius 3 is 2.57 bits per heavy atom. The minimum Gasteiger partial charge on any atom is -0.353 e. The van der Waals surface area contributed by atoms with Gasteiger partial charge < -0.3 is 9.47 Å². The topological polar surface area (TPSA) is 25.2 Å². The summed E-state index contributed by atoms with van der Waals surface area (Å²) in [4.78, 5) is 14.6. The molecule has 2 aromatic rings. The molecular weight excluding hydrogens is 284 g/mol. The summed E-state index contributed by atoms with van der Waals surface area (Å²) in [7, 11) is 1.99. The highest BCUT2D eigenvalue weighted by atomic mass is 16.2. The number of aromatic nitrogens is 1. The minimum atomic E-state index is 0.0492. The molecule has 0 radical (unpaired) electrons. The molecule has 0 N–H and O–H groups in total. The Morgan fingerprint density at radius 1 is 1.26 bits per heavy atom. The van der Waals surface area contributed by atoms with Crippen molar-refractivity contribution in [2.24, 2.45) is 7.05 Å². The van der Waals surface area contributed by atoms with Crippen LogP contribution in [-0.2, 0) is 20.0 Å². The average molecular weight is 310 g/mol. The van der Waals surface area contributed by atoms with E-state index in [4.69, 9.17) is 0 Å². The SMILES string of the molecule is C=CCN(Cc1cccn1C)C(=O)c1ccc(CCCC)cc1. The Labute approximate surface area is 139 Å². The van der Waals surface area contributed by atoms with Gasteiger partial charge >= 0.3 is 0 Å². The number of hydrogen-bond donors (Lipinski definition) is 0. The molecule has 122 valence electrons. The molecule has 0 aliphatic rings. The van der Waals surface area contributed by atoms with E-state index in [1.54, 1.807) is 6.08 Å². The van der Waals surface area contributed by atoms with Crippen molar-refractivity contribution in [2.75, 3.05) is 6.54 Å². The van der Waals surface area contributed by atoms with Crippen LogP contribution in [0.25, 0.3) is 0 Å². The van der Waals surface area contributed by atoms with Crippen LogP contribution in [0.2, 0.25) is 0 Å². The normalized spacial score (nSPS) is 10.5. The van der Waals surface area contributed by atoms with Crippen molar-refractivity contribution in [3.05, 3.63) is 72.1 Å².